The first-order chi connectivity index (χ1) is 7.18. The van der Waals surface area contributed by atoms with Crippen molar-refractivity contribution in [1.29, 1.82) is 0 Å². The summed E-state index contributed by atoms with van der Waals surface area (Å²) in [6.45, 7) is 0. The van der Waals surface area contributed by atoms with Gasteiger partial charge in [0.2, 0.25) is 5.88 Å². The van der Waals surface area contributed by atoms with Crippen LogP contribution >= 0.6 is 23.2 Å². The van der Waals surface area contributed by atoms with Gasteiger partial charge < -0.3 is 4.74 Å². The third kappa shape index (κ3) is 2.08. The molecule has 1 heterocycles. The summed E-state index contributed by atoms with van der Waals surface area (Å²) in [5, 5.41) is 4.49. The molecule has 0 amide bonds. The molecule has 0 bridgehead atoms. The maximum absolute atomic E-state index is 5.92. The molecule has 1 aromatic carbocycles. The van der Waals surface area contributed by atoms with Gasteiger partial charge in [-0.05, 0) is 12.1 Å². The smallest absolute Gasteiger partial charge is 0.238 e. The summed E-state index contributed by atoms with van der Waals surface area (Å²) in [4.78, 5) is 0. The summed E-state index contributed by atoms with van der Waals surface area (Å²) in [5.41, 5.74) is 0. The van der Waals surface area contributed by atoms with E-state index in [4.69, 9.17) is 27.9 Å². The average Bonchev–Trinajstić information content (AvgIpc) is 2.47. The Morgan fingerprint density at radius 1 is 1.20 bits per heavy atom. The number of hydrogen-bond acceptors (Lipinski definition) is 2. The van der Waals surface area contributed by atoms with E-state index in [9.17, 15) is 0 Å². The fourth-order valence-electron chi connectivity index (χ4n) is 1.16. The molecule has 0 aliphatic carbocycles. The number of rotatable bonds is 2. The summed E-state index contributed by atoms with van der Waals surface area (Å²) >= 11 is 11.7. The molecule has 15 heavy (non-hydrogen) atoms. The fourth-order valence-corrected chi connectivity index (χ4v) is 1.56. The topological polar surface area (TPSA) is 27.1 Å². The summed E-state index contributed by atoms with van der Waals surface area (Å²) in [7, 11) is 1.72. The largest absolute Gasteiger partial charge is 0.438 e. The molecule has 3 nitrogen and oxygen atoms in total. The van der Waals surface area contributed by atoms with Crippen LogP contribution in [0.2, 0.25) is 10.2 Å². The van der Waals surface area contributed by atoms with Crippen LogP contribution in [0.25, 0.3) is 0 Å². The van der Waals surface area contributed by atoms with Gasteiger partial charge in [0, 0.05) is 7.05 Å². The quantitative estimate of drug-likeness (QED) is 0.806. The Morgan fingerprint density at radius 2 is 1.87 bits per heavy atom. The number of halogens is 2. The lowest BCUT2D eigenvalue weighted by molar-refractivity contribution is 0.431. The zero-order valence-electron chi connectivity index (χ0n) is 7.95. The van der Waals surface area contributed by atoms with E-state index in [2.05, 4.69) is 5.10 Å². The van der Waals surface area contributed by atoms with Gasteiger partial charge >= 0.3 is 0 Å². The number of nitrogens with zero attached hydrogens (tertiary/aromatic N) is 2. The number of hydrogen-bond donors (Lipinski definition) is 0. The van der Waals surface area contributed by atoms with Crippen molar-refractivity contribution in [3.63, 3.8) is 0 Å². The van der Waals surface area contributed by atoms with E-state index in [-0.39, 0.29) is 5.15 Å². The van der Waals surface area contributed by atoms with Gasteiger partial charge in [-0.2, -0.15) is 5.10 Å². The monoisotopic (exact) mass is 242 g/mol. The van der Waals surface area contributed by atoms with Gasteiger partial charge in [-0.25, -0.2) is 4.68 Å². The maximum Gasteiger partial charge on any atom is 0.238 e. The van der Waals surface area contributed by atoms with Crippen LogP contribution in [0.4, 0.5) is 0 Å². The van der Waals surface area contributed by atoms with Crippen LogP contribution in [0, 0.1) is 0 Å². The highest BCUT2D eigenvalue weighted by atomic mass is 35.5. The van der Waals surface area contributed by atoms with Gasteiger partial charge in [0.25, 0.3) is 0 Å². The van der Waals surface area contributed by atoms with Crippen molar-refractivity contribution in [3.05, 3.63) is 40.5 Å². The minimum Gasteiger partial charge on any atom is -0.438 e. The highest BCUT2D eigenvalue weighted by molar-refractivity contribution is 6.42. The molecule has 0 unspecified atom stereocenters. The van der Waals surface area contributed by atoms with Crippen molar-refractivity contribution in [3.8, 4) is 11.6 Å². The highest BCUT2D eigenvalue weighted by Gasteiger charge is 2.14. The third-order valence-corrected chi connectivity index (χ3v) is 2.56. The van der Waals surface area contributed by atoms with E-state index in [1.54, 1.807) is 7.05 Å². The van der Waals surface area contributed by atoms with E-state index >= 15 is 0 Å². The van der Waals surface area contributed by atoms with Gasteiger partial charge in [0.05, 0.1) is 0 Å². The molecule has 1 aromatic heterocycles. The van der Waals surface area contributed by atoms with E-state index in [1.807, 2.05) is 30.3 Å². The first-order valence-electron chi connectivity index (χ1n) is 4.29. The second kappa shape index (κ2) is 4.13. The van der Waals surface area contributed by atoms with E-state index in [0.717, 1.165) is 0 Å². The number of aromatic nitrogens is 2. The number of ether oxygens (including phenoxy) is 1. The Hall–Kier alpha value is -1.19. The van der Waals surface area contributed by atoms with Crippen LogP contribution in [0.15, 0.2) is 30.3 Å². The molecular formula is C10H8Cl2N2O. The number of para-hydroxylation sites is 1. The Balaban J connectivity index is 2.32. The molecule has 0 saturated carbocycles. The van der Waals surface area contributed by atoms with Gasteiger partial charge in [-0.3, -0.25) is 0 Å². The third-order valence-electron chi connectivity index (χ3n) is 1.86. The van der Waals surface area contributed by atoms with Crippen LogP contribution in [-0.2, 0) is 7.05 Å². The first kappa shape index (κ1) is 10.3. The molecule has 0 saturated heterocycles. The Labute approximate surface area is 97.2 Å². The van der Waals surface area contributed by atoms with Gasteiger partial charge in [0.15, 0.2) is 5.15 Å². The lowest BCUT2D eigenvalue weighted by atomic mass is 10.3. The van der Waals surface area contributed by atoms with Crippen molar-refractivity contribution in [2.75, 3.05) is 0 Å². The number of benzene rings is 1. The van der Waals surface area contributed by atoms with E-state index in [1.165, 1.54) is 4.68 Å². The molecule has 0 atom stereocenters. The SMILES string of the molecule is Cn1nc(Cl)c(Cl)c1Oc1ccccc1. The lowest BCUT2D eigenvalue weighted by Gasteiger charge is -2.04. The van der Waals surface area contributed by atoms with E-state index < -0.39 is 0 Å². The van der Waals surface area contributed by atoms with Crippen molar-refractivity contribution < 1.29 is 4.74 Å². The van der Waals surface area contributed by atoms with Gasteiger partial charge in [0.1, 0.15) is 10.8 Å². The Kier molecular flexibility index (Phi) is 2.84. The predicted molar refractivity (Wildman–Crippen MR) is 59.7 cm³/mol. The summed E-state index contributed by atoms with van der Waals surface area (Å²) in [6, 6.07) is 9.32. The Bertz CT molecular complexity index is 468. The van der Waals surface area contributed by atoms with Crippen LogP contribution < -0.4 is 4.74 Å². The molecule has 78 valence electrons. The molecule has 5 heteroatoms. The van der Waals surface area contributed by atoms with Gasteiger partial charge in [-0.15, -0.1) is 0 Å². The zero-order valence-corrected chi connectivity index (χ0v) is 9.46. The molecule has 2 rings (SSSR count). The second-order valence-electron chi connectivity index (χ2n) is 2.95. The molecule has 0 spiro atoms. The van der Waals surface area contributed by atoms with Crippen LogP contribution in [0.1, 0.15) is 0 Å². The van der Waals surface area contributed by atoms with Crippen LogP contribution in [0.3, 0.4) is 0 Å². The molecule has 2 aromatic rings. The number of aryl methyl sites for hydroxylation is 1. The standard InChI is InChI=1S/C10H8Cl2N2O/c1-14-10(8(11)9(12)13-14)15-7-5-3-2-4-6-7/h2-6H,1H3. The summed E-state index contributed by atoms with van der Waals surface area (Å²) < 4.78 is 7.04. The van der Waals surface area contributed by atoms with Crippen molar-refractivity contribution >= 4 is 23.2 Å². The molecular weight excluding hydrogens is 235 g/mol. The highest BCUT2D eigenvalue weighted by Crippen LogP contribution is 2.33. The molecule has 0 aliphatic heterocycles. The first-order valence-corrected chi connectivity index (χ1v) is 5.05. The van der Waals surface area contributed by atoms with Crippen LogP contribution in [-0.4, -0.2) is 9.78 Å². The van der Waals surface area contributed by atoms with Crippen LogP contribution in [0.5, 0.6) is 11.6 Å². The minimum absolute atomic E-state index is 0.241. The lowest BCUT2D eigenvalue weighted by Crippen LogP contribution is -1.94. The average molecular weight is 243 g/mol. The molecule has 0 radical (unpaired) electrons. The maximum atomic E-state index is 5.92. The Morgan fingerprint density at radius 3 is 2.40 bits per heavy atom. The zero-order chi connectivity index (χ0) is 10.8. The summed E-state index contributed by atoms with van der Waals surface area (Å²) in [6.07, 6.45) is 0. The predicted octanol–water partition coefficient (Wildman–Crippen LogP) is 3.52. The minimum atomic E-state index is 0.241. The van der Waals surface area contributed by atoms with Crippen molar-refractivity contribution in [2.24, 2.45) is 7.05 Å². The van der Waals surface area contributed by atoms with Crippen molar-refractivity contribution in [1.82, 2.24) is 9.78 Å². The fraction of sp³-hybridized carbons (Fsp3) is 0.100. The molecule has 0 aliphatic rings. The normalized spacial score (nSPS) is 10.3. The van der Waals surface area contributed by atoms with Gasteiger partial charge in [-0.1, -0.05) is 41.4 Å². The van der Waals surface area contributed by atoms with E-state index in [0.29, 0.717) is 16.7 Å². The molecule has 0 N–H and O–H groups in total. The molecule has 0 fully saturated rings. The summed E-state index contributed by atoms with van der Waals surface area (Å²) in [5.74, 6) is 1.13. The van der Waals surface area contributed by atoms with Crippen molar-refractivity contribution in [2.45, 2.75) is 0 Å². The second-order valence-corrected chi connectivity index (χ2v) is 3.68.